The highest BCUT2D eigenvalue weighted by atomic mass is 79.9. The first kappa shape index (κ1) is 12.5. The molecule has 0 fully saturated rings. The molecule has 2 rings (SSSR count). The van der Waals surface area contributed by atoms with Crippen LogP contribution < -0.4 is 0 Å². The Hall–Kier alpha value is -0.930. The molecule has 17 heavy (non-hydrogen) atoms. The van der Waals surface area contributed by atoms with Crippen LogP contribution in [0.25, 0.3) is 0 Å². The molecule has 0 bridgehead atoms. The fourth-order valence-electron chi connectivity index (χ4n) is 1.60. The summed E-state index contributed by atoms with van der Waals surface area (Å²) in [6, 6.07) is 8.91. The Balaban J connectivity index is 2.20. The number of hydrogen-bond acceptors (Lipinski definition) is 1. The summed E-state index contributed by atoms with van der Waals surface area (Å²) in [4.78, 5) is 3.93. The second kappa shape index (κ2) is 5.61. The fourth-order valence-corrected chi connectivity index (χ4v) is 2.33. The molecule has 0 saturated heterocycles. The smallest absolute Gasteiger partial charge is 0.142 e. The SMILES string of the molecule is Fc1c(Br)cccc1C(Cl)Cc1ccncc1. The normalized spacial score (nSPS) is 12.4. The monoisotopic (exact) mass is 313 g/mol. The molecule has 1 atom stereocenters. The molecule has 88 valence electrons. The van der Waals surface area contributed by atoms with E-state index in [2.05, 4.69) is 20.9 Å². The standard InChI is InChI=1S/C13H10BrClFN/c14-11-3-1-2-10(13(11)16)12(15)8-9-4-6-17-7-5-9/h1-7,12H,8H2. The molecule has 0 aliphatic heterocycles. The minimum absolute atomic E-state index is 0.290. The molecule has 0 saturated carbocycles. The molecule has 2 aromatic rings. The molecular weight excluding hydrogens is 305 g/mol. The van der Waals surface area contributed by atoms with E-state index in [9.17, 15) is 4.39 Å². The van der Waals surface area contributed by atoms with Gasteiger partial charge < -0.3 is 0 Å². The zero-order valence-electron chi connectivity index (χ0n) is 8.91. The van der Waals surface area contributed by atoms with E-state index >= 15 is 0 Å². The Kier molecular flexibility index (Phi) is 4.13. The molecule has 1 unspecified atom stereocenters. The summed E-state index contributed by atoms with van der Waals surface area (Å²) in [5.41, 5.74) is 1.55. The number of benzene rings is 1. The van der Waals surface area contributed by atoms with Crippen molar-refractivity contribution in [3.63, 3.8) is 0 Å². The van der Waals surface area contributed by atoms with Crippen LogP contribution in [0.2, 0.25) is 0 Å². The predicted octanol–water partition coefficient (Wildman–Crippen LogP) is 4.51. The Morgan fingerprint density at radius 1 is 1.24 bits per heavy atom. The zero-order chi connectivity index (χ0) is 12.3. The molecule has 1 aromatic heterocycles. The summed E-state index contributed by atoms with van der Waals surface area (Å²) < 4.78 is 14.3. The fraction of sp³-hybridized carbons (Fsp3) is 0.154. The highest BCUT2D eigenvalue weighted by Crippen LogP contribution is 2.30. The van der Waals surface area contributed by atoms with E-state index in [-0.39, 0.29) is 11.2 Å². The first-order valence-electron chi connectivity index (χ1n) is 5.15. The van der Waals surface area contributed by atoms with Crippen molar-refractivity contribution < 1.29 is 4.39 Å². The van der Waals surface area contributed by atoms with E-state index in [1.165, 1.54) is 0 Å². The van der Waals surface area contributed by atoms with Crippen molar-refractivity contribution in [2.24, 2.45) is 0 Å². The van der Waals surface area contributed by atoms with Gasteiger partial charge in [-0.2, -0.15) is 0 Å². The molecule has 0 aliphatic rings. The van der Waals surface area contributed by atoms with Crippen LogP contribution in [-0.2, 0) is 6.42 Å². The predicted molar refractivity (Wildman–Crippen MR) is 70.6 cm³/mol. The number of rotatable bonds is 3. The first-order valence-corrected chi connectivity index (χ1v) is 6.38. The molecule has 1 heterocycles. The van der Waals surface area contributed by atoms with Gasteiger partial charge in [0.2, 0.25) is 0 Å². The van der Waals surface area contributed by atoms with Gasteiger partial charge >= 0.3 is 0 Å². The largest absolute Gasteiger partial charge is 0.265 e. The van der Waals surface area contributed by atoms with Crippen LogP contribution in [0.5, 0.6) is 0 Å². The lowest BCUT2D eigenvalue weighted by Gasteiger charge is -2.11. The number of pyridine rings is 1. The van der Waals surface area contributed by atoms with Crippen LogP contribution in [0.4, 0.5) is 4.39 Å². The van der Waals surface area contributed by atoms with Crippen LogP contribution in [0, 0.1) is 5.82 Å². The Morgan fingerprint density at radius 3 is 2.65 bits per heavy atom. The lowest BCUT2D eigenvalue weighted by atomic mass is 10.0. The van der Waals surface area contributed by atoms with Gasteiger partial charge in [-0.1, -0.05) is 12.1 Å². The third-order valence-electron chi connectivity index (χ3n) is 2.48. The molecule has 4 heteroatoms. The molecular formula is C13H10BrClFN. The molecule has 1 aromatic carbocycles. The maximum absolute atomic E-state index is 13.8. The summed E-state index contributed by atoms with van der Waals surface area (Å²) in [5, 5.41) is -0.380. The van der Waals surface area contributed by atoms with Gasteiger partial charge in [0.1, 0.15) is 5.82 Å². The Bertz CT molecular complexity index is 504. The maximum Gasteiger partial charge on any atom is 0.142 e. The van der Waals surface area contributed by atoms with Crippen LogP contribution in [0.3, 0.4) is 0 Å². The average molecular weight is 315 g/mol. The Labute approximate surface area is 113 Å². The van der Waals surface area contributed by atoms with E-state index in [0.29, 0.717) is 16.5 Å². The quantitative estimate of drug-likeness (QED) is 0.760. The van der Waals surface area contributed by atoms with Crippen molar-refractivity contribution in [2.45, 2.75) is 11.8 Å². The van der Waals surface area contributed by atoms with Gasteiger partial charge in [-0.05, 0) is 46.1 Å². The lowest BCUT2D eigenvalue weighted by molar-refractivity contribution is 0.599. The highest BCUT2D eigenvalue weighted by Gasteiger charge is 2.15. The average Bonchev–Trinajstić information content (AvgIpc) is 2.34. The molecule has 1 nitrogen and oxygen atoms in total. The summed E-state index contributed by atoms with van der Waals surface area (Å²) in [6.07, 6.45) is 3.99. The van der Waals surface area contributed by atoms with E-state index < -0.39 is 0 Å². The molecule has 0 amide bonds. The molecule has 0 radical (unpaired) electrons. The van der Waals surface area contributed by atoms with Crippen molar-refractivity contribution in [3.8, 4) is 0 Å². The number of halogens is 3. The van der Waals surface area contributed by atoms with Crippen molar-refractivity contribution >= 4 is 27.5 Å². The Morgan fingerprint density at radius 2 is 1.94 bits per heavy atom. The number of hydrogen-bond donors (Lipinski definition) is 0. The highest BCUT2D eigenvalue weighted by molar-refractivity contribution is 9.10. The van der Waals surface area contributed by atoms with Gasteiger partial charge in [0.25, 0.3) is 0 Å². The molecule has 0 spiro atoms. The maximum atomic E-state index is 13.8. The van der Waals surface area contributed by atoms with Crippen LogP contribution in [0.1, 0.15) is 16.5 Å². The second-order valence-corrected chi connectivity index (χ2v) is 5.05. The number of nitrogens with zero attached hydrogens (tertiary/aromatic N) is 1. The van der Waals surface area contributed by atoms with E-state index in [4.69, 9.17) is 11.6 Å². The lowest BCUT2D eigenvalue weighted by Crippen LogP contribution is -1.99. The number of alkyl halides is 1. The third kappa shape index (κ3) is 3.05. The van der Waals surface area contributed by atoms with Gasteiger partial charge in [-0.15, -0.1) is 11.6 Å². The minimum Gasteiger partial charge on any atom is -0.265 e. The van der Waals surface area contributed by atoms with E-state index in [1.807, 2.05) is 12.1 Å². The zero-order valence-corrected chi connectivity index (χ0v) is 11.2. The first-order chi connectivity index (χ1) is 8.18. The van der Waals surface area contributed by atoms with Crippen molar-refractivity contribution in [1.82, 2.24) is 4.98 Å². The minimum atomic E-state index is -0.380. The van der Waals surface area contributed by atoms with Crippen molar-refractivity contribution in [3.05, 3.63) is 64.1 Å². The summed E-state index contributed by atoms with van der Waals surface area (Å²) in [5.74, 6) is -0.290. The second-order valence-electron chi connectivity index (χ2n) is 3.67. The van der Waals surface area contributed by atoms with Gasteiger partial charge in [-0.3, -0.25) is 4.98 Å². The van der Waals surface area contributed by atoms with Crippen LogP contribution in [0.15, 0.2) is 47.2 Å². The van der Waals surface area contributed by atoms with Crippen LogP contribution in [-0.4, -0.2) is 4.98 Å². The summed E-state index contributed by atoms with van der Waals surface area (Å²) >= 11 is 9.39. The third-order valence-corrected chi connectivity index (χ3v) is 3.49. The topological polar surface area (TPSA) is 12.9 Å². The molecule has 0 aliphatic carbocycles. The van der Waals surface area contributed by atoms with Crippen molar-refractivity contribution in [2.75, 3.05) is 0 Å². The number of aromatic nitrogens is 1. The summed E-state index contributed by atoms with van der Waals surface area (Å²) in [6.45, 7) is 0. The molecule has 0 N–H and O–H groups in total. The summed E-state index contributed by atoms with van der Waals surface area (Å²) in [7, 11) is 0. The van der Waals surface area contributed by atoms with Gasteiger partial charge in [0.15, 0.2) is 0 Å². The van der Waals surface area contributed by atoms with Gasteiger partial charge in [0.05, 0.1) is 9.85 Å². The van der Waals surface area contributed by atoms with E-state index in [1.54, 1.807) is 30.6 Å². The van der Waals surface area contributed by atoms with Gasteiger partial charge in [0, 0.05) is 18.0 Å². The van der Waals surface area contributed by atoms with E-state index in [0.717, 1.165) is 5.56 Å². The van der Waals surface area contributed by atoms with Gasteiger partial charge in [-0.25, -0.2) is 4.39 Å². The van der Waals surface area contributed by atoms with Crippen molar-refractivity contribution in [1.29, 1.82) is 0 Å². The van der Waals surface area contributed by atoms with Crippen LogP contribution >= 0.6 is 27.5 Å².